The van der Waals surface area contributed by atoms with Gasteiger partial charge in [0, 0.05) is 11.6 Å². The molecule has 3 aromatic rings. The highest BCUT2D eigenvalue weighted by atomic mass is 19.1. The molecular weight excluding hydrogens is 305 g/mol. The van der Waals surface area contributed by atoms with Crippen LogP contribution in [0.4, 0.5) is 10.1 Å². The Bertz CT molecular complexity index is 925. The van der Waals surface area contributed by atoms with Crippen LogP contribution in [0.5, 0.6) is 11.6 Å². The molecule has 1 aromatic heterocycles. The average Bonchev–Trinajstić information content (AvgIpc) is 2.85. The number of nitriles is 1. The number of ether oxygens (including phenoxy) is 1. The van der Waals surface area contributed by atoms with Crippen molar-refractivity contribution in [2.24, 2.45) is 0 Å². The lowest BCUT2D eigenvalue weighted by Crippen LogP contribution is -2.06. The SMILES string of the molecule is Cc1cccc(Oc2c(N)cc(C#N)n2Cc2ccccc2F)c1. The van der Waals surface area contributed by atoms with Gasteiger partial charge < -0.3 is 10.5 Å². The first-order chi connectivity index (χ1) is 11.6. The minimum Gasteiger partial charge on any atom is -0.439 e. The fraction of sp³-hybridized carbons (Fsp3) is 0.105. The maximum atomic E-state index is 14.0. The largest absolute Gasteiger partial charge is 0.439 e. The van der Waals surface area contributed by atoms with Crippen LogP contribution < -0.4 is 10.5 Å². The highest BCUT2D eigenvalue weighted by Gasteiger charge is 2.17. The van der Waals surface area contributed by atoms with E-state index in [1.165, 1.54) is 12.1 Å². The summed E-state index contributed by atoms with van der Waals surface area (Å²) in [4.78, 5) is 0. The summed E-state index contributed by atoms with van der Waals surface area (Å²) in [6.45, 7) is 2.11. The maximum Gasteiger partial charge on any atom is 0.224 e. The lowest BCUT2D eigenvalue weighted by Gasteiger charge is -2.13. The molecule has 120 valence electrons. The third-order valence-corrected chi connectivity index (χ3v) is 3.68. The number of aryl methyl sites for hydroxylation is 1. The summed E-state index contributed by atoms with van der Waals surface area (Å²) in [6, 6.07) is 17.5. The van der Waals surface area contributed by atoms with Crippen LogP contribution in [-0.2, 0) is 6.54 Å². The second kappa shape index (κ2) is 6.47. The molecule has 0 amide bonds. The molecule has 0 bridgehead atoms. The van der Waals surface area contributed by atoms with Crippen LogP contribution >= 0.6 is 0 Å². The number of hydrogen-bond acceptors (Lipinski definition) is 3. The molecule has 24 heavy (non-hydrogen) atoms. The predicted octanol–water partition coefficient (Wildman–Crippen LogP) is 4.23. The summed E-state index contributed by atoms with van der Waals surface area (Å²) in [6.07, 6.45) is 0. The van der Waals surface area contributed by atoms with Crippen molar-refractivity contribution in [2.45, 2.75) is 13.5 Å². The zero-order valence-corrected chi connectivity index (χ0v) is 13.2. The molecule has 0 atom stereocenters. The second-order valence-electron chi connectivity index (χ2n) is 5.50. The monoisotopic (exact) mass is 321 g/mol. The number of nitrogens with two attached hydrogens (primary N) is 1. The molecule has 0 unspecified atom stereocenters. The third-order valence-electron chi connectivity index (χ3n) is 3.68. The zero-order valence-electron chi connectivity index (χ0n) is 13.2. The Morgan fingerprint density at radius 3 is 2.67 bits per heavy atom. The average molecular weight is 321 g/mol. The first kappa shape index (κ1) is 15.6. The Morgan fingerprint density at radius 1 is 1.17 bits per heavy atom. The topological polar surface area (TPSA) is 64.0 Å². The molecule has 1 heterocycles. The fourth-order valence-electron chi connectivity index (χ4n) is 2.50. The molecule has 0 aliphatic heterocycles. The fourth-order valence-corrected chi connectivity index (χ4v) is 2.50. The van der Waals surface area contributed by atoms with Crippen molar-refractivity contribution in [1.29, 1.82) is 5.26 Å². The number of anilines is 1. The normalized spacial score (nSPS) is 10.4. The van der Waals surface area contributed by atoms with Gasteiger partial charge in [0.2, 0.25) is 5.88 Å². The summed E-state index contributed by atoms with van der Waals surface area (Å²) in [7, 11) is 0. The van der Waals surface area contributed by atoms with E-state index in [0.717, 1.165) is 5.56 Å². The summed E-state index contributed by atoms with van der Waals surface area (Å²) in [5, 5.41) is 9.34. The van der Waals surface area contributed by atoms with E-state index >= 15 is 0 Å². The van der Waals surface area contributed by atoms with E-state index in [-0.39, 0.29) is 12.4 Å². The van der Waals surface area contributed by atoms with Crippen LogP contribution in [0, 0.1) is 24.1 Å². The molecule has 0 radical (unpaired) electrons. The first-order valence-electron chi connectivity index (χ1n) is 7.45. The zero-order chi connectivity index (χ0) is 17.1. The highest BCUT2D eigenvalue weighted by Crippen LogP contribution is 2.32. The van der Waals surface area contributed by atoms with Crippen molar-refractivity contribution < 1.29 is 9.13 Å². The van der Waals surface area contributed by atoms with Gasteiger partial charge in [0.25, 0.3) is 0 Å². The van der Waals surface area contributed by atoms with Crippen LogP contribution in [0.1, 0.15) is 16.8 Å². The van der Waals surface area contributed by atoms with E-state index < -0.39 is 0 Å². The number of nitrogens with zero attached hydrogens (tertiary/aromatic N) is 2. The Kier molecular flexibility index (Phi) is 4.21. The van der Waals surface area contributed by atoms with Gasteiger partial charge in [-0.25, -0.2) is 4.39 Å². The van der Waals surface area contributed by atoms with Crippen molar-refractivity contribution >= 4 is 5.69 Å². The number of aromatic nitrogens is 1. The van der Waals surface area contributed by atoms with Crippen LogP contribution in [0.3, 0.4) is 0 Å². The molecule has 0 fully saturated rings. The second-order valence-corrected chi connectivity index (χ2v) is 5.50. The van der Waals surface area contributed by atoms with E-state index in [4.69, 9.17) is 10.5 Å². The lowest BCUT2D eigenvalue weighted by molar-refractivity contribution is 0.435. The summed E-state index contributed by atoms with van der Waals surface area (Å²) in [5.41, 5.74) is 8.16. The Morgan fingerprint density at radius 2 is 1.96 bits per heavy atom. The standard InChI is InChI=1S/C19H16FN3O/c1-13-5-4-7-16(9-13)24-19-18(22)10-15(11-21)23(19)12-14-6-2-3-8-17(14)20/h2-10H,12,22H2,1H3. The molecule has 0 saturated carbocycles. The predicted molar refractivity (Wildman–Crippen MR) is 90.3 cm³/mol. The third kappa shape index (κ3) is 3.08. The van der Waals surface area contributed by atoms with Crippen LogP contribution in [0.2, 0.25) is 0 Å². The highest BCUT2D eigenvalue weighted by molar-refractivity contribution is 5.57. The molecule has 0 aliphatic rings. The summed E-state index contributed by atoms with van der Waals surface area (Å²) >= 11 is 0. The van der Waals surface area contributed by atoms with E-state index in [0.29, 0.717) is 28.6 Å². The number of halogens is 1. The number of benzene rings is 2. The van der Waals surface area contributed by atoms with Crippen LogP contribution in [0.15, 0.2) is 54.6 Å². The van der Waals surface area contributed by atoms with Gasteiger partial charge in [-0.2, -0.15) is 5.26 Å². The first-order valence-corrected chi connectivity index (χ1v) is 7.45. The Labute approximate surface area is 139 Å². The molecule has 5 heteroatoms. The van der Waals surface area contributed by atoms with Crippen LogP contribution in [0.25, 0.3) is 0 Å². The van der Waals surface area contributed by atoms with Crippen molar-refractivity contribution in [3.8, 4) is 17.7 Å². The van der Waals surface area contributed by atoms with Gasteiger partial charge in [-0.05, 0) is 30.7 Å². The minimum absolute atomic E-state index is 0.161. The molecular formula is C19H16FN3O. The quantitative estimate of drug-likeness (QED) is 0.782. The Balaban J connectivity index is 2.02. The van der Waals surface area contributed by atoms with Crippen molar-refractivity contribution in [1.82, 2.24) is 4.57 Å². The Hall–Kier alpha value is -3.26. The van der Waals surface area contributed by atoms with Gasteiger partial charge in [-0.15, -0.1) is 0 Å². The maximum absolute atomic E-state index is 14.0. The molecule has 4 nitrogen and oxygen atoms in total. The van der Waals surface area contributed by atoms with E-state index in [1.807, 2.05) is 25.1 Å². The number of hydrogen-bond donors (Lipinski definition) is 1. The van der Waals surface area contributed by atoms with Gasteiger partial charge in [-0.1, -0.05) is 30.3 Å². The van der Waals surface area contributed by atoms with E-state index in [1.54, 1.807) is 28.8 Å². The number of rotatable bonds is 4. The van der Waals surface area contributed by atoms with E-state index in [9.17, 15) is 9.65 Å². The van der Waals surface area contributed by atoms with Crippen LogP contribution in [-0.4, -0.2) is 4.57 Å². The van der Waals surface area contributed by atoms with Gasteiger partial charge in [0.15, 0.2) is 0 Å². The van der Waals surface area contributed by atoms with Crippen molar-refractivity contribution in [2.75, 3.05) is 5.73 Å². The van der Waals surface area contributed by atoms with Gasteiger partial charge in [0.1, 0.15) is 23.3 Å². The molecule has 0 saturated heterocycles. The molecule has 3 rings (SSSR count). The van der Waals surface area contributed by atoms with Gasteiger partial charge in [0.05, 0.1) is 12.2 Å². The van der Waals surface area contributed by atoms with Gasteiger partial charge in [-0.3, -0.25) is 4.57 Å². The number of nitrogen functional groups attached to an aromatic ring is 1. The summed E-state index contributed by atoms with van der Waals surface area (Å²) < 4.78 is 21.4. The lowest BCUT2D eigenvalue weighted by atomic mass is 10.2. The molecule has 0 aliphatic carbocycles. The summed E-state index contributed by atoms with van der Waals surface area (Å²) in [5.74, 6) is 0.606. The smallest absolute Gasteiger partial charge is 0.224 e. The van der Waals surface area contributed by atoms with Gasteiger partial charge >= 0.3 is 0 Å². The van der Waals surface area contributed by atoms with Crippen molar-refractivity contribution in [3.05, 3.63) is 77.2 Å². The molecule has 2 aromatic carbocycles. The van der Waals surface area contributed by atoms with Crippen molar-refractivity contribution in [3.63, 3.8) is 0 Å². The molecule has 2 N–H and O–H groups in total. The molecule has 0 spiro atoms. The van der Waals surface area contributed by atoms with E-state index in [2.05, 4.69) is 6.07 Å². The minimum atomic E-state index is -0.338.